The number of benzene rings is 3. The summed E-state index contributed by atoms with van der Waals surface area (Å²) in [4.78, 5) is 14.5. The molecule has 1 N–H and O–H groups in total. The molecule has 0 aliphatic rings. The van der Waals surface area contributed by atoms with Gasteiger partial charge in [0, 0.05) is 5.02 Å². The molecule has 3 aromatic rings. The van der Waals surface area contributed by atoms with Crippen molar-refractivity contribution in [3.05, 3.63) is 88.9 Å². The highest BCUT2D eigenvalue weighted by Gasteiger charge is 2.12. The Morgan fingerprint density at radius 2 is 1.59 bits per heavy atom. The van der Waals surface area contributed by atoms with Crippen molar-refractivity contribution in [2.75, 3.05) is 6.61 Å². The highest BCUT2D eigenvalue weighted by atomic mass is 35.5. The lowest BCUT2D eigenvalue weighted by Gasteiger charge is -2.07. The third-order valence-corrected chi connectivity index (χ3v) is 5.65. The van der Waals surface area contributed by atoms with Crippen LogP contribution in [-0.2, 0) is 10.0 Å². The smallest absolute Gasteiger partial charge is 0.343 e. The van der Waals surface area contributed by atoms with Crippen molar-refractivity contribution in [2.24, 2.45) is 5.10 Å². The van der Waals surface area contributed by atoms with Gasteiger partial charge in [0.25, 0.3) is 10.0 Å². The predicted octanol–water partition coefficient (Wildman–Crippen LogP) is 4.66. The van der Waals surface area contributed by atoms with E-state index in [0.29, 0.717) is 34.3 Å². The molecule has 0 spiro atoms. The van der Waals surface area contributed by atoms with Crippen LogP contribution in [-0.4, -0.2) is 27.2 Å². The molecule has 0 heterocycles. The Labute approximate surface area is 191 Å². The highest BCUT2D eigenvalue weighted by Crippen LogP contribution is 2.17. The second-order valence-electron chi connectivity index (χ2n) is 6.64. The molecule has 0 radical (unpaired) electrons. The Morgan fingerprint density at radius 1 is 0.969 bits per heavy atom. The predicted molar refractivity (Wildman–Crippen MR) is 123 cm³/mol. The van der Waals surface area contributed by atoms with Gasteiger partial charge in [0.05, 0.1) is 23.3 Å². The summed E-state index contributed by atoms with van der Waals surface area (Å²) in [6.07, 6.45) is 2.24. The first-order valence-electron chi connectivity index (χ1n) is 9.73. The molecule has 166 valence electrons. The number of carbonyl (C=O) groups is 1. The van der Waals surface area contributed by atoms with Gasteiger partial charge < -0.3 is 9.47 Å². The van der Waals surface area contributed by atoms with Crippen LogP contribution in [0.5, 0.6) is 11.5 Å². The van der Waals surface area contributed by atoms with Gasteiger partial charge in [-0.25, -0.2) is 9.63 Å². The fourth-order valence-electron chi connectivity index (χ4n) is 2.53. The van der Waals surface area contributed by atoms with Crippen LogP contribution in [0.2, 0.25) is 5.02 Å². The molecule has 9 heteroatoms. The zero-order chi connectivity index (χ0) is 23.0. The minimum Gasteiger partial charge on any atom is -0.494 e. The number of nitrogens with one attached hydrogen (secondary N) is 1. The second-order valence-corrected chi connectivity index (χ2v) is 8.74. The van der Waals surface area contributed by atoms with E-state index in [1.807, 2.05) is 6.92 Å². The average molecular weight is 473 g/mol. The number of carbonyl (C=O) groups excluding carboxylic acids is 1. The van der Waals surface area contributed by atoms with E-state index in [1.165, 1.54) is 30.5 Å². The summed E-state index contributed by atoms with van der Waals surface area (Å²) in [5.41, 5.74) is 1.01. The minimum absolute atomic E-state index is 0.0475. The van der Waals surface area contributed by atoms with Crippen LogP contribution in [0.3, 0.4) is 0 Å². The van der Waals surface area contributed by atoms with Crippen LogP contribution in [0.4, 0.5) is 0 Å². The van der Waals surface area contributed by atoms with Crippen LogP contribution in [0.15, 0.2) is 82.8 Å². The summed E-state index contributed by atoms with van der Waals surface area (Å²) < 4.78 is 35.2. The molecule has 0 bridgehead atoms. The van der Waals surface area contributed by atoms with Gasteiger partial charge in [0.1, 0.15) is 11.5 Å². The molecule has 0 unspecified atom stereocenters. The molecule has 0 atom stereocenters. The first-order chi connectivity index (χ1) is 15.4. The summed E-state index contributed by atoms with van der Waals surface area (Å²) in [5, 5.41) is 4.20. The van der Waals surface area contributed by atoms with Gasteiger partial charge in [-0.15, -0.1) is 0 Å². The van der Waals surface area contributed by atoms with Crippen LogP contribution in [0.1, 0.15) is 29.3 Å². The molecule has 0 fully saturated rings. The van der Waals surface area contributed by atoms with Crippen molar-refractivity contribution in [1.29, 1.82) is 0 Å². The summed E-state index contributed by atoms with van der Waals surface area (Å²) in [7, 11) is -3.80. The van der Waals surface area contributed by atoms with Crippen molar-refractivity contribution in [3.63, 3.8) is 0 Å². The Bertz CT molecular complexity index is 1180. The Morgan fingerprint density at radius 3 is 2.22 bits per heavy atom. The van der Waals surface area contributed by atoms with E-state index in [1.54, 1.807) is 48.5 Å². The number of sulfonamides is 1. The maximum Gasteiger partial charge on any atom is 0.343 e. The quantitative estimate of drug-likeness (QED) is 0.211. The number of rotatable bonds is 9. The van der Waals surface area contributed by atoms with Crippen LogP contribution >= 0.6 is 11.6 Å². The van der Waals surface area contributed by atoms with E-state index in [4.69, 9.17) is 21.1 Å². The van der Waals surface area contributed by atoms with E-state index >= 15 is 0 Å². The summed E-state index contributed by atoms with van der Waals surface area (Å²) in [5.74, 6) is 0.545. The molecular weight excluding hydrogens is 452 g/mol. The fourth-order valence-corrected chi connectivity index (χ4v) is 3.45. The molecule has 0 aliphatic carbocycles. The van der Waals surface area contributed by atoms with Gasteiger partial charge in [0.15, 0.2) is 0 Å². The van der Waals surface area contributed by atoms with E-state index in [9.17, 15) is 13.2 Å². The average Bonchev–Trinajstić information content (AvgIpc) is 2.79. The molecule has 0 aromatic heterocycles. The maximum absolute atomic E-state index is 12.3. The SMILES string of the molecule is CCCOc1ccc(C(=O)Oc2ccc(/C=N/NS(=O)(=O)c3ccc(Cl)cc3)cc2)cc1. The van der Waals surface area contributed by atoms with Crippen molar-refractivity contribution in [2.45, 2.75) is 18.2 Å². The van der Waals surface area contributed by atoms with Crippen molar-refractivity contribution in [3.8, 4) is 11.5 Å². The number of halogens is 1. The second kappa shape index (κ2) is 10.8. The molecule has 32 heavy (non-hydrogen) atoms. The zero-order valence-electron chi connectivity index (χ0n) is 17.2. The van der Waals surface area contributed by atoms with E-state index in [2.05, 4.69) is 9.93 Å². The largest absolute Gasteiger partial charge is 0.494 e. The first-order valence-corrected chi connectivity index (χ1v) is 11.6. The van der Waals surface area contributed by atoms with Gasteiger partial charge in [-0.05, 0) is 84.8 Å². The standard InChI is InChI=1S/C23H21ClN2O5S/c1-2-15-30-20-11-5-18(6-12-20)23(27)31-21-9-3-17(4-10-21)16-25-26-32(28,29)22-13-7-19(24)8-14-22/h3-14,16,26H,2,15H2,1H3/b25-16+. The van der Waals surface area contributed by atoms with Gasteiger partial charge >= 0.3 is 5.97 Å². The molecule has 3 rings (SSSR count). The fraction of sp³-hybridized carbons (Fsp3) is 0.130. The third kappa shape index (κ3) is 6.57. The minimum atomic E-state index is -3.80. The first kappa shape index (κ1) is 23.3. The van der Waals surface area contributed by atoms with Crippen LogP contribution in [0.25, 0.3) is 0 Å². The number of hydrogen-bond acceptors (Lipinski definition) is 6. The molecule has 0 saturated carbocycles. The summed E-state index contributed by atoms with van der Waals surface area (Å²) >= 11 is 5.77. The molecule has 0 amide bonds. The maximum atomic E-state index is 12.3. The Balaban J connectivity index is 1.56. The van der Waals surface area contributed by atoms with Crippen molar-refractivity contribution < 1.29 is 22.7 Å². The van der Waals surface area contributed by atoms with Gasteiger partial charge in [-0.2, -0.15) is 13.5 Å². The number of nitrogens with zero attached hydrogens (tertiary/aromatic N) is 1. The lowest BCUT2D eigenvalue weighted by atomic mass is 10.2. The molecule has 7 nitrogen and oxygen atoms in total. The normalized spacial score (nSPS) is 11.3. The number of hydrogen-bond donors (Lipinski definition) is 1. The summed E-state index contributed by atoms with van der Waals surface area (Å²) in [6.45, 7) is 2.63. The lowest BCUT2D eigenvalue weighted by molar-refractivity contribution is 0.0734. The van der Waals surface area contributed by atoms with E-state index in [0.717, 1.165) is 6.42 Å². The van der Waals surface area contributed by atoms with Crippen molar-refractivity contribution >= 4 is 33.8 Å². The molecule has 3 aromatic carbocycles. The topological polar surface area (TPSA) is 94.1 Å². The zero-order valence-corrected chi connectivity index (χ0v) is 18.8. The van der Waals surface area contributed by atoms with Gasteiger partial charge in [-0.1, -0.05) is 18.5 Å². The third-order valence-electron chi connectivity index (χ3n) is 4.16. The molecule has 0 saturated heterocycles. The molecular formula is C23H21ClN2O5S. The number of hydrazone groups is 1. The lowest BCUT2D eigenvalue weighted by Crippen LogP contribution is -2.18. The van der Waals surface area contributed by atoms with Gasteiger partial charge in [-0.3, -0.25) is 0 Å². The van der Waals surface area contributed by atoms with Crippen LogP contribution in [0, 0.1) is 0 Å². The summed E-state index contributed by atoms with van der Waals surface area (Å²) in [6, 6.07) is 18.9. The highest BCUT2D eigenvalue weighted by molar-refractivity contribution is 7.89. The molecule has 0 aliphatic heterocycles. The van der Waals surface area contributed by atoms with Gasteiger partial charge in [0.2, 0.25) is 0 Å². The van der Waals surface area contributed by atoms with E-state index in [-0.39, 0.29) is 4.90 Å². The van der Waals surface area contributed by atoms with Crippen molar-refractivity contribution in [1.82, 2.24) is 4.83 Å². The van der Waals surface area contributed by atoms with E-state index < -0.39 is 16.0 Å². The van der Waals surface area contributed by atoms with Crippen LogP contribution < -0.4 is 14.3 Å². The monoisotopic (exact) mass is 472 g/mol. The Kier molecular flexibility index (Phi) is 7.86. The number of esters is 1. The number of ether oxygens (including phenoxy) is 2. The Hall–Kier alpha value is -3.36.